The number of quaternary nitrogens is 1. The fraction of sp³-hybridized carbons (Fsp3) is 0.353. The number of halogens is 1. The second-order valence-corrected chi connectivity index (χ2v) is 12.2. The van der Waals surface area contributed by atoms with Gasteiger partial charge in [-0.25, -0.2) is 8.87 Å². The molecular formula is C34H41FN4O2+2. The van der Waals surface area contributed by atoms with E-state index in [-0.39, 0.29) is 21.8 Å². The molecule has 3 unspecified atom stereocenters. The lowest BCUT2D eigenvalue weighted by Crippen LogP contribution is -2.62. The minimum atomic E-state index is -0.580. The van der Waals surface area contributed by atoms with Gasteiger partial charge < -0.3 is 10.1 Å². The molecule has 0 bridgehead atoms. The monoisotopic (exact) mass is 556 g/mol. The highest BCUT2D eigenvalue weighted by Gasteiger charge is 2.64. The van der Waals surface area contributed by atoms with Crippen LogP contribution in [0.4, 0.5) is 4.39 Å². The standard InChI is InChI=1S/C34H41FN4O2/c1-34(2,3)32-28(21-36-4)30(20-25-15-10-11-18-29(25)35)39(5)31(37(32)22-24-13-8-7-9-14-24)23-38(40)33(39)26-16-12-17-27(19-26)41-6/h7-19,23,30,33,36H,20-22H2,1-6H3/q+2. The highest BCUT2D eigenvalue weighted by molar-refractivity contribution is 5.36. The van der Waals surface area contributed by atoms with Crippen molar-refractivity contribution in [2.75, 3.05) is 27.7 Å². The quantitative estimate of drug-likeness (QED) is 0.254. The first-order chi connectivity index (χ1) is 19.6. The predicted molar refractivity (Wildman–Crippen MR) is 160 cm³/mol. The molecule has 2 aliphatic rings. The molecular weight excluding hydrogens is 515 g/mol. The number of likely N-dealkylation sites (N-methyl/N-ethyl adjacent to an activating group) is 2. The van der Waals surface area contributed by atoms with Crippen molar-refractivity contribution in [2.45, 2.75) is 45.9 Å². The van der Waals surface area contributed by atoms with Gasteiger partial charge in [-0.15, -0.1) is 0 Å². The van der Waals surface area contributed by atoms with Gasteiger partial charge in [0.2, 0.25) is 0 Å². The molecule has 5 rings (SSSR count). The molecule has 0 fully saturated rings. The Labute approximate surface area is 242 Å². The third-order valence-electron chi connectivity index (χ3n) is 8.41. The van der Waals surface area contributed by atoms with E-state index in [2.05, 4.69) is 50.2 Å². The number of nitroso groups, excluding NO2 is 1. The van der Waals surface area contributed by atoms with Gasteiger partial charge in [0.25, 0.3) is 5.82 Å². The molecule has 0 radical (unpaired) electrons. The Kier molecular flexibility index (Phi) is 7.86. The number of hydrogen-bond donors (Lipinski definition) is 1. The Morgan fingerprint density at radius 1 is 1.02 bits per heavy atom. The van der Waals surface area contributed by atoms with Crippen molar-refractivity contribution in [3.05, 3.63) is 130 Å². The lowest BCUT2D eigenvalue weighted by atomic mass is 9.80. The van der Waals surface area contributed by atoms with Crippen molar-refractivity contribution < 1.29 is 18.4 Å². The fourth-order valence-corrected chi connectivity index (χ4v) is 6.75. The maximum absolute atomic E-state index is 15.3. The molecule has 3 aromatic rings. The van der Waals surface area contributed by atoms with Crippen LogP contribution < -0.4 is 10.1 Å². The first-order valence-electron chi connectivity index (χ1n) is 14.2. The molecule has 0 saturated heterocycles. The Bertz CT molecular complexity index is 1490. The summed E-state index contributed by atoms with van der Waals surface area (Å²) in [6, 6.07) is 24.9. The number of rotatable bonds is 8. The van der Waals surface area contributed by atoms with Crippen LogP contribution >= 0.6 is 0 Å². The van der Waals surface area contributed by atoms with Gasteiger partial charge in [0.15, 0.2) is 0 Å². The van der Waals surface area contributed by atoms with Crippen molar-refractivity contribution in [3.8, 4) is 5.75 Å². The van der Waals surface area contributed by atoms with Gasteiger partial charge in [0.1, 0.15) is 17.6 Å². The average Bonchev–Trinajstić information content (AvgIpc) is 3.22. The summed E-state index contributed by atoms with van der Waals surface area (Å²) in [5.74, 6) is 1.37. The maximum atomic E-state index is 15.3. The summed E-state index contributed by atoms with van der Waals surface area (Å²) >= 11 is 0. The molecule has 0 aliphatic carbocycles. The van der Waals surface area contributed by atoms with E-state index in [1.807, 2.05) is 61.6 Å². The van der Waals surface area contributed by atoms with Gasteiger partial charge in [0.05, 0.1) is 31.0 Å². The molecule has 3 atom stereocenters. The second-order valence-electron chi connectivity index (χ2n) is 12.2. The van der Waals surface area contributed by atoms with Crippen LogP contribution in [0.2, 0.25) is 0 Å². The highest BCUT2D eigenvalue weighted by Crippen LogP contribution is 2.53. The molecule has 0 aromatic heterocycles. The number of ether oxygens (including phenoxy) is 1. The number of methoxy groups -OCH3 is 1. The summed E-state index contributed by atoms with van der Waals surface area (Å²) in [4.78, 5) is 16.4. The largest absolute Gasteiger partial charge is 0.497 e. The van der Waals surface area contributed by atoms with E-state index in [0.29, 0.717) is 30.8 Å². The summed E-state index contributed by atoms with van der Waals surface area (Å²) in [6.45, 7) is 7.88. The van der Waals surface area contributed by atoms with Crippen LogP contribution in [0.25, 0.3) is 0 Å². The average molecular weight is 557 g/mol. The van der Waals surface area contributed by atoms with E-state index in [1.54, 1.807) is 19.4 Å². The van der Waals surface area contributed by atoms with Crippen LogP contribution in [-0.2, 0) is 13.0 Å². The smallest absolute Gasteiger partial charge is 0.365 e. The molecule has 3 aromatic carbocycles. The first kappa shape index (κ1) is 28.7. The predicted octanol–water partition coefficient (Wildman–Crippen LogP) is 6.52. The Morgan fingerprint density at radius 3 is 2.39 bits per heavy atom. The fourth-order valence-electron chi connectivity index (χ4n) is 6.75. The molecule has 7 heteroatoms. The topological polar surface area (TPSA) is 44.6 Å². The van der Waals surface area contributed by atoms with Gasteiger partial charge in [-0.05, 0) is 42.4 Å². The summed E-state index contributed by atoms with van der Waals surface area (Å²) in [7, 11) is 5.71. The van der Waals surface area contributed by atoms with Crippen LogP contribution in [0.1, 0.15) is 43.6 Å². The first-order valence-corrected chi connectivity index (χ1v) is 14.2. The van der Waals surface area contributed by atoms with Gasteiger partial charge in [-0.3, -0.25) is 4.90 Å². The molecule has 0 spiro atoms. The zero-order valence-corrected chi connectivity index (χ0v) is 24.9. The summed E-state index contributed by atoms with van der Waals surface area (Å²) in [5.41, 5.74) is 4.75. The van der Waals surface area contributed by atoms with Gasteiger partial charge in [-0.1, -0.05) is 75.4 Å². The molecule has 6 nitrogen and oxygen atoms in total. The van der Waals surface area contributed by atoms with Crippen LogP contribution in [0.5, 0.6) is 5.75 Å². The minimum absolute atomic E-state index is 0.206. The molecule has 214 valence electrons. The van der Waals surface area contributed by atoms with Gasteiger partial charge >= 0.3 is 12.4 Å². The molecule has 0 saturated carbocycles. The van der Waals surface area contributed by atoms with Crippen molar-refractivity contribution in [1.29, 1.82) is 0 Å². The Hall–Kier alpha value is -3.81. The van der Waals surface area contributed by atoms with Crippen LogP contribution in [0.15, 0.2) is 102 Å². The summed E-state index contributed by atoms with van der Waals surface area (Å²) < 4.78 is 22.2. The SMILES string of the molecule is CNCC1=C(C(C)(C)C)N(Cc2ccccc2)C2=C[N+](=O)C(c3cccc(OC)c3)[N+]2(C)C1Cc1ccccc1F. The van der Waals surface area contributed by atoms with Crippen LogP contribution in [0, 0.1) is 16.1 Å². The second kappa shape index (κ2) is 11.2. The third kappa shape index (κ3) is 5.20. The van der Waals surface area contributed by atoms with Crippen LogP contribution in [0.3, 0.4) is 0 Å². The maximum Gasteiger partial charge on any atom is 0.365 e. The Balaban J connectivity index is 1.79. The summed E-state index contributed by atoms with van der Waals surface area (Å²) in [5, 5.41) is 3.42. The van der Waals surface area contributed by atoms with Crippen molar-refractivity contribution in [1.82, 2.24) is 10.2 Å². The van der Waals surface area contributed by atoms with Gasteiger partial charge in [0, 0.05) is 34.6 Å². The number of hydrogen-bond acceptors (Lipinski definition) is 4. The van der Waals surface area contributed by atoms with Crippen molar-refractivity contribution >= 4 is 0 Å². The normalized spacial score (nSPS) is 22.6. The number of benzene rings is 3. The number of nitrogens with zero attached hydrogens (tertiary/aromatic N) is 3. The van der Waals surface area contributed by atoms with Crippen molar-refractivity contribution in [2.24, 2.45) is 5.41 Å². The van der Waals surface area contributed by atoms with E-state index < -0.39 is 6.17 Å². The third-order valence-corrected chi connectivity index (χ3v) is 8.41. The van der Waals surface area contributed by atoms with E-state index in [1.165, 1.54) is 17.3 Å². The van der Waals surface area contributed by atoms with E-state index in [4.69, 9.17) is 4.74 Å². The van der Waals surface area contributed by atoms with E-state index in [0.717, 1.165) is 21.7 Å². The van der Waals surface area contributed by atoms with E-state index in [9.17, 15) is 4.91 Å². The number of fused-ring (bicyclic) bond motifs is 1. The number of allylic oxidation sites excluding steroid dienone is 1. The van der Waals surface area contributed by atoms with E-state index >= 15 is 4.39 Å². The zero-order valence-electron chi connectivity index (χ0n) is 24.9. The van der Waals surface area contributed by atoms with Crippen molar-refractivity contribution in [3.63, 3.8) is 0 Å². The molecule has 2 heterocycles. The molecule has 2 aliphatic heterocycles. The van der Waals surface area contributed by atoms with Crippen LogP contribution in [-0.4, -0.2) is 47.9 Å². The summed E-state index contributed by atoms with van der Waals surface area (Å²) in [6.07, 6.45) is 1.62. The highest BCUT2D eigenvalue weighted by atomic mass is 19.1. The number of nitrogens with one attached hydrogen (secondary N) is 1. The Morgan fingerprint density at radius 2 is 1.73 bits per heavy atom. The zero-order chi connectivity index (χ0) is 29.4. The molecule has 1 N–H and O–H groups in total. The molecule has 41 heavy (non-hydrogen) atoms. The minimum Gasteiger partial charge on any atom is -0.497 e. The lowest BCUT2D eigenvalue weighted by molar-refractivity contribution is -0.989. The molecule has 0 amide bonds. The van der Waals surface area contributed by atoms with Gasteiger partial charge in [-0.2, -0.15) is 0 Å². The lowest BCUT2D eigenvalue weighted by Gasteiger charge is -2.51.